The molecule has 0 spiro atoms. The summed E-state index contributed by atoms with van der Waals surface area (Å²) in [5, 5.41) is 2.56. The molecule has 1 aliphatic rings. The minimum Gasteiger partial charge on any atom is -0.346 e. The van der Waals surface area contributed by atoms with Crippen molar-refractivity contribution in [2.75, 3.05) is 6.54 Å². The summed E-state index contributed by atoms with van der Waals surface area (Å²) in [4.78, 5) is 12.3. The number of hydrogen-bond acceptors (Lipinski definition) is 1. The molecule has 1 saturated carbocycles. The third-order valence-corrected chi connectivity index (χ3v) is 3.99. The highest BCUT2D eigenvalue weighted by Crippen LogP contribution is 2.41. The van der Waals surface area contributed by atoms with Crippen LogP contribution in [0.4, 0.5) is 13.2 Å². The predicted octanol–water partition coefficient (Wildman–Crippen LogP) is 3.83. The monoisotopic (exact) mass is 305 g/mol. The van der Waals surface area contributed by atoms with Gasteiger partial charge in [-0.3, -0.25) is 4.79 Å². The Morgan fingerprint density at radius 1 is 1.20 bits per heavy atom. The molecule has 0 unspecified atom stereocenters. The van der Waals surface area contributed by atoms with Gasteiger partial charge in [0.25, 0.3) is 0 Å². The van der Waals surface area contributed by atoms with Gasteiger partial charge < -0.3 is 5.32 Å². The van der Waals surface area contributed by atoms with Gasteiger partial charge in [-0.1, -0.05) is 36.6 Å². The average Bonchev–Trinajstić information content (AvgIpc) is 2.86. The summed E-state index contributed by atoms with van der Waals surface area (Å²) in [5.74, 6) is -0.547. The smallest absolute Gasteiger partial charge is 0.346 e. The molecule has 1 N–H and O–H groups in total. The van der Waals surface area contributed by atoms with E-state index in [2.05, 4.69) is 0 Å². The molecule has 2 rings (SSSR count). The Labute approximate surface area is 120 Å². The molecule has 0 aromatic heterocycles. The summed E-state index contributed by atoms with van der Waals surface area (Å²) in [6, 6.07) is 6.77. The largest absolute Gasteiger partial charge is 0.405 e. The maximum Gasteiger partial charge on any atom is 0.405 e. The lowest BCUT2D eigenvalue weighted by molar-refractivity contribution is -0.141. The number of carbonyl (C=O) groups excluding carboxylic acids is 1. The Hall–Kier alpha value is -1.23. The summed E-state index contributed by atoms with van der Waals surface area (Å²) >= 11 is 5.82. The molecule has 0 heterocycles. The lowest BCUT2D eigenvalue weighted by Crippen LogP contribution is -2.45. The number of alkyl halides is 3. The van der Waals surface area contributed by atoms with Crippen LogP contribution in [0.15, 0.2) is 24.3 Å². The Balaban J connectivity index is 2.21. The fraction of sp³-hybridized carbons (Fsp3) is 0.500. The van der Waals surface area contributed by atoms with Gasteiger partial charge >= 0.3 is 6.18 Å². The van der Waals surface area contributed by atoms with Crippen molar-refractivity contribution >= 4 is 17.5 Å². The van der Waals surface area contributed by atoms with Gasteiger partial charge in [0.15, 0.2) is 0 Å². The van der Waals surface area contributed by atoms with Crippen LogP contribution in [-0.2, 0) is 10.2 Å². The van der Waals surface area contributed by atoms with Gasteiger partial charge in [0, 0.05) is 5.02 Å². The van der Waals surface area contributed by atoms with Crippen LogP contribution < -0.4 is 5.32 Å². The maximum atomic E-state index is 12.3. The summed E-state index contributed by atoms with van der Waals surface area (Å²) in [6.45, 7) is -1.29. The number of amides is 1. The molecular weight excluding hydrogens is 291 g/mol. The highest BCUT2D eigenvalue weighted by Gasteiger charge is 2.43. The number of hydrogen-bond donors (Lipinski definition) is 1. The van der Waals surface area contributed by atoms with E-state index in [0.717, 1.165) is 18.4 Å². The molecule has 0 radical (unpaired) electrons. The molecule has 2 nitrogen and oxygen atoms in total. The van der Waals surface area contributed by atoms with Crippen LogP contribution in [0.2, 0.25) is 5.02 Å². The van der Waals surface area contributed by atoms with Gasteiger partial charge in [0.2, 0.25) is 5.91 Å². The van der Waals surface area contributed by atoms with Crippen LogP contribution >= 0.6 is 11.6 Å². The minimum atomic E-state index is -4.39. The van der Waals surface area contributed by atoms with E-state index in [1.165, 1.54) is 0 Å². The highest BCUT2D eigenvalue weighted by atomic mass is 35.5. The van der Waals surface area contributed by atoms with Gasteiger partial charge in [0.1, 0.15) is 6.54 Å². The topological polar surface area (TPSA) is 29.1 Å². The molecule has 20 heavy (non-hydrogen) atoms. The van der Waals surface area contributed by atoms with Crippen LogP contribution in [0.5, 0.6) is 0 Å². The third-order valence-electron chi connectivity index (χ3n) is 3.74. The molecule has 0 bridgehead atoms. The van der Waals surface area contributed by atoms with Crippen LogP contribution in [0.3, 0.4) is 0 Å². The zero-order chi connectivity index (χ0) is 14.8. The van der Waals surface area contributed by atoms with Gasteiger partial charge in [-0.2, -0.15) is 13.2 Å². The number of nitrogens with one attached hydrogen (secondary N) is 1. The molecule has 110 valence electrons. The maximum absolute atomic E-state index is 12.3. The van der Waals surface area contributed by atoms with E-state index in [-0.39, 0.29) is 0 Å². The SMILES string of the molecule is O=C(NCC(F)(F)F)C1(c2ccc(Cl)cc2)CCCC1. The van der Waals surface area contributed by atoms with Crippen molar-refractivity contribution in [2.24, 2.45) is 0 Å². The normalized spacial score (nSPS) is 18.0. The van der Waals surface area contributed by atoms with Gasteiger partial charge in [0.05, 0.1) is 5.41 Å². The molecule has 1 aromatic carbocycles. The van der Waals surface area contributed by atoms with Crippen LogP contribution in [0, 0.1) is 0 Å². The Morgan fingerprint density at radius 3 is 2.25 bits per heavy atom. The van der Waals surface area contributed by atoms with Crippen molar-refractivity contribution in [3.63, 3.8) is 0 Å². The van der Waals surface area contributed by atoms with Crippen LogP contribution in [-0.4, -0.2) is 18.6 Å². The Morgan fingerprint density at radius 2 is 1.75 bits per heavy atom. The number of rotatable bonds is 3. The standard InChI is InChI=1S/C14H15ClF3NO/c15-11-5-3-10(4-6-11)13(7-1-2-8-13)12(20)19-9-14(16,17)18/h3-6H,1-2,7-9H2,(H,19,20). The second-order valence-corrected chi connectivity index (χ2v) is 5.53. The lowest BCUT2D eigenvalue weighted by atomic mass is 9.78. The van der Waals surface area contributed by atoms with Gasteiger partial charge in [-0.25, -0.2) is 0 Å². The molecule has 1 fully saturated rings. The number of benzene rings is 1. The number of carbonyl (C=O) groups is 1. The Bertz CT molecular complexity index is 478. The van der Waals surface area contributed by atoms with Crippen molar-refractivity contribution in [1.82, 2.24) is 5.32 Å². The van der Waals surface area contributed by atoms with E-state index in [1.54, 1.807) is 24.3 Å². The van der Waals surface area contributed by atoms with Crippen molar-refractivity contribution in [3.8, 4) is 0 Å². The number of halogens is 4. The quantitative estimate of drug-likeness (QED) is 0.903. The molecule has 1 amide bonds. The average molecular weight is 306 g/mol. The first-order chi connectivity index (χ1) is 9.33. The summed E-state index contributed by atoms with van der Waals surface area (Å²) in [7, 11) is 0. The summed E-state index contributed by atoms with van der Waals surface area (Å²) in [5.41, 5.74) is -0.116. The second kappa shape index (κ2) is 5.64. The zero-order valence-electron chi connectivity index (χ0n) is 10.8. The molecular formula is C14H15ClF3NO. The van der Waals surface area contributed by atoms with Gasteiger partial charge in [-0.05, 0) is 30.5 Å². The fourth-order valence-corrected chi connectivity index (χ4v) is 2.87. The summed E-state index contributed by atoms with van der Waals surface area (Å²) in [6.07, 6.45) is -1.59. The van der Waals surface area contributed by atoms with E-state index >= 15 is 0 Å². The first kappa shape index (κ1) is 15.2. The minimum absolute atomic E-state index is 0.539. The van der Waals surface area contributed by atoms with E-state index in [1.807, 2.05) is 5.32 Å². The van der Waals surface area contributed by atoms with Crippen molar-refractivity contribution in [1.29, 1.82) is 0 Å². The Kier molecular flexibility index (Phi) is 4.28. The van der Waals surface area contributed by atoms with E-state index < -0.39 is 24.0 Å². The first-order valence-electron chi connectivity index (χ1n) is 6.45. The van der Waals surface area contributed by atoms with Gasteiger partial charge in [-0.15, -0.1) is 0 Å². The second-order valence-electron chi connectivity index (χ2n) is 5.09. The van der Waals surface area contributed by atoms with E-state index in [9.17, 15) is 18.0 Å². The fourth-order valence-electron chi connectivity index (χ4n) is 2.74. The summed E-state index contributed by atoms with van der Waals surface area (Å²) < 4.78 is 36.8. The van der Waals surface area contributed by atoms with E-state index in [4.69, 9.17) is 11.6 Å². The molecule has 0 aliphatic heterocycles. The molecule has 0 atom stereocenters. The molecule has 1 aliphatic carbocycles. The predicted molar refractivity (Wildman–Crippen MR) is 70.7 cm³/mol. The zero-order valence-corrected chi connectivity index (χ0v) is 11.5. The molecule has 0 saturated heterocycles. The van der Waals surface area contributed by atoms with Crippen LogP contribution in [0.1, 0.15) is 31.2 Å². The third kappa shape index (κ3) is 3.26. The highest BCUT2D eigenvalue weighted by molar-refractivity contribution is 6.30. The molecule has 6 heteroatoms. The van der Waals surface area contributed by atoms with E-state index in [0.29, 0.717) is 17.9 Å². The van der Waals surface area contributed by atoms with Crippen molar-refractivity contribution < 1.29 is 18.0 Å². The van der Waals surface area contributed by atoms with Crippen molar-refractivity contribution in [2.45, 2.75) is 37.3 Å². The molecule has 1 aromatic rings. The van der Waals surface area contributed by atoms with Crippen molar-refractivity contribution in [3.05, 3.63) is 34.9 Å². The van der Waals surface area contributed by atoms with Crippen LogP contribution in [0.25, 0.3) is 0 Å². The first-order valence-corrected chi connectivity index (χ1v) is 6.82. The lowest BCUT2D eigenvalue weighted by Gasteiger charge is -2.28.